The van der Waals surface area contributed by atoms with Gasteiger partial charge >= 0.3 is 0 Å². The molecule has 0 saturated carbocycles. The SMILES string of the molecule is CC(=O)Nc1ccc(Nc2ncnc(NC(C)(C)C)c2N)cc1. The molecule has 2 aromatic rings. The second-order valence-electron chi connectivity index (χ2n) is 6.24. The van der Waals surface area contributed by atoms with Gasteiger partial charge in [0.25, 0.3) is 0 Å². The normalized spacial score (nSPS) is 11.0. The number of hydrogen-bond donors (Lipinski definition) is 4. The molecule has 1 amide bonds. The summed E-state index contributed by atoms with van der Waals surface area (Å²) in [6.07, 6.45) is 1.46. The average Bonchev–Trinajstić information content (AvgIpc) is 2.43. The van der Waals surface area contributed by atoms with Crippen LogP contribution in [-0.2, 0) is 4.79 Å². The summed E-state index contributed by atoms with van der Waals surface area (Å²) in [6.45, 7) is 7.56. The van der Waals surface area contributed by atoms with Crippen LogP contribution in [0.15, 0.2) is 30.6 Å². The van der Waals surface area contributed by atoms with Crippen LogP contribution in [0.2, 0.25) is 0 Å². The minimum absolute atomic E-state index is 0.108. The van der Waals surface area contributed by atoms with E-state index in [0.717, 1.165) is 11.4 Å². The van der Waals surface area contributed by atoms with Crippen molar-refractivity contribution in [2.45, 2.75) is 33.2 Å². The molecule has 7 nitrogen and oxygen atoms in total. The number of carbonyl (C=O) groups excluding carboxylic acids is 1. The van der Waals surface area contributed by atoms with E-state index in [9.17, 15) is 4.79 Å². The first-order valence-electron chi connectivity index (χ1n) is 7.28. The van der Waals surface area contributed by atoms with E-state index in [1.54, 1.807) is 12.1 Å². The molecule has 0 atom stereocenters. The molecule has 0 aliphatic heterocycles. The molecule has 0 spiro atoms. The van der Waals surface area contributed by atoms with Gasteiger partial charge in [-0.25, -0.2) is 9.97 Å². The molecule has 1 aromatic heterocycles. The summed E-state index contributed by atoms with van der Waals surface area (Å²) in [7, 11) is 0. The fourth-order valence-corrected chi connectivity index (χ4v) is 1.93. The Bertz CT molecular complexity index is 691. The fourth-order valence-electron chi connectivity index (χ4n) is 1.93. The van der Waals surface area contributed by atoms with Crippen molar-refractivity contribution in [1.82, 2.24) is 9.97 Å². The van der Waals surface area contributed by atoms with Crippen molar-refractivity contribution in [1.29, 1.82) is 0 Å². The van der Waals surface area contributed by atoms with Gasteiger partial charge in [-0.05, 0) is 45.0 Å². The number of nitrogens with zero attached hydrogens (tertiary/aromatic N) is 2. The second kappa shape index (κ2) is 6.51. The van der Waals surface area contributed by atoms with Gasteiger partial charge in [-0.2, -0.15) is 0 Å². The monoisotopic (exact) mass is 314 g/mol. The molecular formula is C16H22N6O. The van der Waals surface area contributed by atoms with Crippen molar-refractivity contribution >= 4 is 34.6 Å². The highest BCUT2D eigenvalue weighted by molar-refractivity contribution is 5.89. The smallest absolute Gasteiger partial charge is 0.221 e. The van der Waals surface area contributed by atoms with Crippen molar-refractivity contribution in [2.24, 2.45) is 0 Å². The van der Waals surface area contributed by atoms with Crippen molar-refractivity contribution in [3.8, 4) is 0 Å². The summed E-state index contributed by atoms with van der Waals surface area (Å²) in [5.74, 6) is 1.01. The fraction of sp³-hybridized carbons (Fsp3) is 0.312. The number of amides is 1. The van der Waals surface area contributed by atoms with Crippen molar-refractivity contribution in [3.63, 3.8) is 0 Å². The molecule has 122 valence electrons. The first-order valence-corrected chi connectivity index (χ1v) is 7.28. The predicted octanol–water partition coefficient (Wildman–Crippen LogP) is 2.97. The largest absolute Gasteiger partial charge is 0.393 e. The summed E-state index contributed by atoms with van der Waals surface area (Å²) < 4.78 is 0. The quantitative estimate of drug-likeness (QED) is 0.691. The van der Waals surface area contributed by atoms with Crippen molar-refractivity contribution in [2.75, 3.05) is 21.7 Å². The zero-order valence-corrected chi connectivity index (χ0v) is 13.8. The third-order valence-electron chi connectivity index (χ3n) is 2.85. The van der Waals surface area contributed by atoms with Gasteiger partial charge in [0, 0.05) is 23.8 Å². The van der Waals surface area contributed by atoms with Crippen LogP contribution in [0, 0.1) is 0 Å². The maximum absolute atomic E-state index is 11.0. The lowest BCUT2D eigenvalue weighted by Crippen LogP contribution is -2.27. The molecular weight excluding hydrogens is 292 g/mol. The third kappa shape index (κ3) is 4.84. The number of anilines is 5. The van der Waals surface area contributed by atoms with Crippen LogP contribution in [0.3, 0.4) is 0 Å². The molecule has 0 unspecified atom stereocenters. The first kappa shape index (κ1) is 16.5. The van der Waals surface area contributed by atoms with E-state index in [0.29, 0.717) is 17.3 Å². The number of nitrogens with one attached hydrogen (secondary N) is 3. The van der Waals surface area contributed by atoms with Gasteiger partial charge in [0.15, 0.2) is 11.6 Å². The van der Waals surface area contributed by atoms with Gasteiger partial charge in [-0.15, -0.1) is 0 Å². The summed E-state index contributed by atoms with van der Waals surface area (Å²) in [5.41, 5.74) is 7.97. The van der Waals surface area contributed by atoms with Crippen molar-refractivity contribution < 1.29 is 4.79 Å². The Morgan fingerprint density at radius 2 is 1.61 bits per heavy atom. The molecule has 7 heteroatoms. The highest BCUT2D eigenvalue weighted by Crippen LogP contribution is 2.28. The molecule has 2 rings (SSSR count). The molecule has 0 aliphatic rings. The van der Waals surface area contributed by atoms with Crippen LogP contribution >= 0.6 is 0 Å². The van der Waals surface area contributed by atoms with E-state index in [1.807, 2.05) is 32.9 Å². The Balaban J connectivity index is 2.17. The molecule has 1 heterocycles. The third-order valence-corrected chi connectivity index (χ3v) is 2.85. The van der Waals surface area contributed by atoms with E-state index < -0.39 is 0 Å². The van der Waals surface area contributed by atoms with Gasteiger partial charge in [0.2, 0.25) is 5.91 Å². The standard InChI is InChI=1S/C16H22N6O/c1-10(23)20-11-5-7-12(8-6-11)21-14-13(17)15(19-9-18-14)22-16(2,3)4/h5-9H,17H2,1-4H3,(H,20,23)(H2,18,19,21,22). The molecule has 0 radical (unpaired) electrons. The summed E-state index contributed by atoms with van der Waals surface area (Å²) in [6, 6.07) is 7.28. The van der Waals surface area contributed by atoms with Crippen LogP contribution in [-0.4, -0.2) is 21.4 Å². The number of aromatic nitrogens is 2. The second-order valence-corrected chi connectivity index (χ2v) is 6.24. The van der Waals surface area contributed by atoms with Crippen LogP contribution in [0.5, 0.6) is 0 Å². The lowest BCUT2D eigenvalue weighted by Gasteiger charge is -2.22. The Hall–Kier alpha value is -2.83. The maximum atomic E-state index is 11.0. The molecule has 0 saturated heterocycles. The lowest BCUT2D eigenvalue weighted by atomic mass is 10.1. The van der Waals surface area contributed by atoms with Crippen LogP contribution in [0.1, 0.15) is 27.7 Å². The Labute approximate surface area is 135 Å². The van der Waals surface area contributed by atoms with Crippen LogP contribution < -0.4 is 21.7 Å². The Morgan fingerprint density at radius 1 is 1.04 bits per heavy atom. The van der Waals surface area contributed by atoms with Crippen molar-refractivity contribution in [3.05, 3.63) is 30.6 Å². The lowest BCUT2D eigenvalue weighted by molar-refractivity contribution is -0.114. The number of nitrogen functional groups attached to an aromatic ring is 1. The predicted molar refractivity (Wildman–Crippen MR) is 93.8 cm³/mol. The number of hydrogen-bond acceptors (Lipinski definition) is 6. The van der Waals surface area contributed by atoms with Gasteiger partial charge in [0.05, 0.1) is 0 Å². The molecule has 0 aliphatic carbocycles. The van der Waals surface area contributed by atoms with Gasteiger partial charge < -0.3 is 21.7 Å². The van der Waals surface area contributed by atoms with Crippen LogP contribution in [0.25, 0.3) is 0 Å². The summed E-state index contributed by atoms with van der Waals surface area (Å²) >= 11 is 0. The minimum atomic E-state index is -0.153. The zero-order valence-electron chi connectivity index (χ0n) is 13.8. The van der Waals surface area contributed by atoms with E-state index in [1.165, 1.54) is 13.3 Å². The molecule has 23 heavy (non-hydrogen) atoms. The number of nitrogens with two attached hydrogens (primary N) is 1. The van der Waals surface area contributed by atoms with Gasteiger partial charge in [-0.3, -0.25) is 4.79 Å². The number of benzene rings is 1. The summed E-state index contributed by atoms with van der Waals surface area (Å²) in [5, 5.41) is 9.11. The molecule has 0 bridgehead atoms. The number of carbonyl (C=O) groups is 1. The van der Waals surface area contributed by atoms with Crippen LogP contribution in [0.4, 0.5) is 28.7 Å². The summed E-state index contributed by atoms with van der Waals surface area (Å²) in [4.78, 5) is 19.4. The van der Waals surface area contributed by atoms with E-state index in [-0.39, 0.29) is 11.4 Å². The van der Waals surface area contributed by atoms with Gasteiger partial charge in [0.1, 0.15) is 12.0 Å². The minimum Gasteiger partial charge on any atom is -0.393 e. The number of rotatable bonds is 4. The Morgan fingerprint density at radius 3 is 2.17 bits per heavy atom. The molecule has 1 aromatic carbocycles. The average molecular weight is 314 g/mol. The Kier molecular flexibility index (Phi) is 4.68. The van der Waals surface area contributed by atoms with E-state index >= 15 is 0 Å². The molecule has 0 fully saturated rings. The highest BCUT2D eigenvalue weighted by atomic mass is 16.1. The van der Waals surface area contributed by atoms with Gasteiger partial charge in [-0.1, -0.05) is 0 Å². The van der Waals surface area contributed by atoms with E-state index in [4.69, 9.17) is 5.73 Å². The zero-order chi connectivity index (χ0) is 17.0. The highest BCUT2D eigenvalue weighted by Gasteiger charge is 2.15. The van der Waals surface area contributed by atoms with E-state index in [2.05, 4.69) is 25.9 Å². The maximum Gasteiger partial charge on any atom is 0.221 e. The molecule has 5 N–H and O–H groups in total. The first-order chi connectivity index (χ1) is 10.7. The topological polar surface area (TPSA) is 105 Å².